The van der Waals surface area contributed by atoms with Gasteiger partial charge in [-0.25, -0.2) is 0 Å². The predicted octanol–water partition coefficient (Wildman–Crippen LogP) is 1.63. The van der Waals surface area contributed by atoms with Crippen LogP contribution in [-0.2, 0) is 4.79 Å². The highest BCUT2D eigenvalue weighted by molar-refractivity contribution is 5.98. The monoisotopic (exact) mass is 277 g/mol. The van der Waals surface area contributed by atoms with E-state index >= 15 is 0 Å². The van der Waals surface area contributed by atoms with Crippen LogP contribution in [0.1, 0.15) is 28.8 Å². The molecule has 0 aromatic heterocycles. The molecule has 0 fully saturated rings. The zero-order valence-corrected chi connectivity index (χ0v) is 12.6. The van der Waals surface area contributed by atoms with Crippen molar-refractivity contribution in [2.45, 2.75) is 19.8 Å². The molecule has 5 nitrogen and oxygen atoms in total. The number of nitrogens with zero attached hydrogens (tertiary/aromatic N) is 1. The summed E-state index contributed by atoms with van der Waals surface area (Å²) in [7, 11) is 5.28. The summed E-state index contributed by atoms with van der Waals surface area (Å²) in [5, 5.41) is 5.83. The highest BCUT2D eigenvalue weighted by atomic mass is 16.2. The summed E-state index contributed by atoms with van der Waals surface area (Å²) in [4.78, 5) is 25.3. The second-order valence-electron chi connectivity index (χ2n) is 4.98. The highest BCUT2D eigenvalue weighted by Crippen LogP contribution is 2.17. The predicted molar refractivity (Wildman–Crippen MR) is 81.0 cm³/mol. The van der Waals surface area contributed by atoms with Crippen LogP contribution in [0.3, 0.4) is 0 Å². The normalized spacial score (nSPS) is 10.2. The molecule has 0 atom stereocenters. The van der Waals surface area contributed by atoms with Gasteiger partial charge in [-0.15, -0.1) is 0 Å². The number of aryl methyl sites for hydroxylation is 1. The van der Waals surface area contributed by atoms with Gasteiger partial charge in [0.15, 0.2) is 0 Å². The quantitative estimate of drug-likeness (QED) is 0.777. The molecule has 1 aromatic rings. The maximum atomic E-state index is 12.0. The SMILES string of the molecule is CNCCCC(=O)Nc1ccc(C)c(C(=O)N(C)C)c1. The molecular formula is C15H23N3O2. The van der Waals surface area contributed by atoms with Crippen molar-refractivity contribution in [2.75, 3.05) is 33.0 Å². The third-order valence-corrected chi connectivity index (χ3v) is 2.99. The molecule has 1 aromatic carbocycles. The van der Waals surface area contributed by atoms with Crippen molar-refractivity contribution in [3.8, 4) is 0 Å². The van der Waals surface area contributed by atoms with Crippen LogP contribution in [0.25, 0.3) is 0 Å². The average molecular weight is 277 g/mol. The largest absolute Gasteiger partial charge is 0.345 e. The molecule has 20 heavy (non-hydrogen) atoms. The molecule has 0 aliphatic rings. The number of carbonyl (C=O) groups excluding carboxylic acids is 2. The molecule has 0 unspecified atom stereocenters. The van der Waals surface area contributed by atoms with Gasteiger partial charge >= 0.3 is 0 Å². The Kier molecular flexibility index (Phi) is 6.18. The van der Waals surface area contributed by atoms with Gasteiger partial charge in [0.2, 0.25) is 5.91 Å². The van der Waals surface area contributed by atoms with Gasteiger partial charge in [-0.1, -0.05) is 6.07 Å². The fourth-order valence-corrected chi connectivity index (χ4v) is 1.82. The minimum absolute atomic E-state index is 0.0349. The molecule has 0 aliphatic heterocycles. The fourth-order valence-electron chi connectivity index (χ4n) is 1.82. The lowest BCUT2D eigenvalue weighted by Gasteiger charge is -2.14. The Balaban J connectivity index is 2.75. The molecule has 0 aliphatic carbocycles. The van der Waals surface area contributed by atoms with Crippen molar-refractivity contribution in [3.05, 3.63) is 29.3 Å². The minimum atomic E-state index is -0.0613. The fraction of sp³-hybridized carbons (Fsp3) is 0.467. The molecule has 0 spiro atoms. The molecule has 0 heterocycles. The second kappa shape index (κ2) is 7.65. The van der Waals surface area contributed by atoms with Crippen LogP contribution in [0.5, 0.6) is 0 Å². The van der Waals surface area contributed by atoms with Crippen LogP contribution in [0, 0.1) is 6.92 Å². The summed E-state index contributed by atoms with van der Waals surface area (Å²) in [5.74, 6) is -0.0962. The van der Waals surface area contributed by atoms with Gasteiger partial charge in [-0.2, -0.15) is 0 Å². The summed E-state index contributed by atoms with van der Waals surface area (Å²) >= 11 is 0. The van der Waals surface area contributed by atoms with E-state index < -0.39 is 0 Å². The Bertz CT molecular complexity index is 484. The first-order valence-electron chi connectivity index (χ1n) is 6.72. The summed E-state index contributed by atoms with van der Waals surface area (Å²) < 4.78 is 0. The number of rotatable bonds is 6. The van der Waals surface area contributed by atoms with Crippen LogP contribution in [-0.4, -0.2) is 44.4 Å². The van der Waals surface area contributed by atoms with Crippen molar-refractivity contribution in [1.82, 2.24) is 10.2 Å². The van der Waals surface area contributed by atoms with Crippen LogP contribution in [0.4, 0.5) is 5.69 Å². The van der Waals surface area contributed by atoms with Crippen molar-refractivity contribution < 1.29 is 9.59 Å². The number of amides is 2. The summed E-state index contributed by atoms with van der Waals surface area (Å²) in [5.41, 5.74) is 2.18. The molecule has 0 saturated heterocycles. The van der Waals surface area contributed by atoms with Crippen LogP contribution in [0.2, 0.25) is 0 Å². The van der Waals surface area contributed by atoms with Crippen molar-refractivity contribution >= 4 is 17.5 Å². The molecular weight excluding hydrogens is 254 g/mol. The third-order valence-electron chi connectivity index (χ3n) is 2.99. The van der Waals surface area contributed by atoms with E-state index in [4.69, 9.17) is 0 Å². The van der Waals surface area contributed by atoms with Gasteiger partial charge in [0.25, 0.3) is 5.91 Å². The number of hydrogen-bond acceptors (Lipinski definition) is 3. The van der Waals surface area contributed by atoms with E-state index in [0.29, 0.717) is 17.7 Å². The number of carbonyl (C=O) groups is 2. The van der Waals surface area contributed by atoms with E-state index in [2.05, 4.69) is 10.6 Å². The zero-order valence-electron chi connectivity index (χ0n) is 12.6. The van der Waals surface area contributed by atoms with Gasteiger partial charge in [-0.05, 0) is 44.6 Å². The molecule has 0 bridgehead atoms. The topological polar surface area (TPSA) is 61.4 Å². The molecule has 0 saturated carbocycles. The van der Waals surface area contributed by atoms with Gasteiger partial charge in [-0.3, -0.25) is 9.59 Å². The lowest BCUT2D eigenvalue weighted by Crippen LogP contribution is -2.23. The smallest absolute Gasteiger partial charge is 0.253 e. The Morgan fingerprint density at radius 2 is 1.95 bits per heavy atom. The van der Waals surface area contributed by atoms with E-state index in [9.17, 15) is 9.59 Å². The number of benzene rings is 1. The first-order valence-corrected chi connectivity index (χ1v) is 6.72. The summed E-state index contributed by atoms with van der Waals surface area (Å²) in [6.45, 7) is 2.70. The lowest BCUT2D eigenvalue weighted by atomic mass is 10.1. The van der Waals surface area contributed by atoms with E-state index in [-0.39, 0.29) is 11.8 Å². The second-order valence-corrected chi connectivity index (χ2v) is 4.98. The van der Waals surface area contributed by atoms with Gasteiger partial charge in [0.05, 0.1) is 0 Å². The highest BCUT2D eigenvalue weighted by Gasteiger charge is 2.12. The van der Waals surface area contributed by atoms with E-state index in [0.717, 1.165) is 18.5 Å². The first-order chi connectivity index (χ1) is 9.45. The third kappa shape index (κ3) is 4.66. The maximum Gasteiger partial charge on any atom is 0.253 e. The number of nitrogens with one attached hydrogen (secondary N) is 2. The van der Waals surface area contributed by atoms with E-state index in [1.807, 2.05) is 26.1 Å². The molecule has 0 radical (unpaired) electrons. The maximum absolute atomic E-state index is 12.0. The number of anilines is 1. The molecule has 110 valence electrons. The van der Waals surface area contributed by atoms with Gasteiger partial charge in [0.1, 0.15) is 0 Å². The zero-order chi connectivity index (χ0) is 15.1. The lowest BCUT2D eigenvalue weighted by molar-refractivity contribution is -0.116. The summed E-state index contributed by atoms with van der Waals surface area (Å²) in [6.07, 6.45) is 1.25. The Labute approximate surface area is 120 Å². The Morgan fingerprint density at radius 3 is 2.55 bits per heavy atom. The van der Waals surface area contributed by atoms with Crippen molar-refractivity contribution in [1.29, 1.82) is 0 Å². The van der Waals surface area contributed by atoms with Crippen molar-refractivity contribution in [3.63, 3.8) is 0 Å². The van der Waals surface area contributed by atoms with Gasteiger partial charge in [0, 0.05) is 31.8 Å². The van der Waals surface area contributed by atoms with E-state index in [1.165, 1.54) is 4.90 Å². The summed E-state index contributed by atoms with van der Waals surface area (Å²) in [6, 6.07) is 5.39. The Hall–Kier alpha value is -1.88. The molecule has 2 N–H and O–H groups in total. The first kappa shape index (κ1) is 16.2. The standard InChI is InChI=1S/C15H23N3O2/c1-11-7-8-12(10-13(11)15(20)18(3)4)17-14(19)6-5-9-16-2/h7-8,10,16H,5-6,9H2,1-4H3,(H,17,19). The molecule has 1 rings (SSSR count). The van der Waals surface area contributed by atoms with Crippen molar-refractivity contribution in [2.24, 2.45) is 0 Å². The Morgan fingerprint density at radius 1 is 1.25 bits per heavy atom. The van der Waals surface area contributed by atoms with Crippen LogP contribution >= 0.6 is 0 Å². The van der Waals surface area contributed by atoms with Crippen LogP contribution < -0.4 is 10.6 Å². The molecule has 2 amide bonds. The number of hydrogen-bond donors (Lipinski definition) is 2. The molecule has 5 heteroatoms. The van der Waals surface area contributed by atoms with E-state index in [1.54, 1.807) is 20.2 Å². The van der Waals surface area contributed by atoms with Gasteiger partial charge < -0.3 is 15.5 Å². The average Bonchev–Trinajstić information content (AvgIpc) is 2.40. The minimum Gasteiger partial charge on any atom is -0.345 e. The van der Waals surface area contributed by atoms with Crippen LogP contribution in [0.15, 0.2) is 18.2 Å².